The maximum absolute atomic E-state index is 5.42. The number of nitrogens with one attached hydrogen (secondary N) is 2. The molecule has 0 rings (SSSR count). The van der Waals surface area contributed by atoms with Gasteiger partial charge >= 0.3 is 0 Å². The predicted octanol–water partition coefficient (Wildman–Crippen LogP) is 1.94. The molecule has 0 atom stereocenters. The van der Waals surface area contributed by atoms with Gasteiger partial charge in [0.25, 0.3) is 0 Å². The maximum Gasteiger partial charge on any atom is 0.191 e. The molecule has 0 spiro atoms. The van der Waals surface area contributed by atoms with E-state index in [1.54, 1.807) is 7.11 Å². The van der Waals surface area contributed by atoms with Crippen molar-refractivity contribution in [2.45, 2.75) is 33.6 Å². The van der Waals surface area contributed by atoms with Crippen molar-refractivity contribution in [3.05, 3.63) is 0 Å². The van der Waals surface area contributed by atoms with E-state index in [1.807, 2.05) is 0 Å². The van der Waals surface area contributed by atoms with Crippen LogP contribution in [0.1, 0.15) is 33.6 Å². The van der Waals surface area contributed by atoms with Gasteiger partial charge in [0.2, 0.25) is 0 Å². The van der Waals surface area contributed by atoms with Crippen LogP contribution in [0.4, 0.5) is 0 Å². The summed E-state index contributed by atoms with van der Waals surface area (Å²) in [4.78, 5) is 6.99. The molecule has 0 aromatic rings. The summed E-state index contributed by atoms with van der Waals surface area (Å²) in [6.45, 7) is 14.5. The van der Waals surface area contributed by atoms with Crippen molar-refractivity contribution >= 4 is 29.9 Å². The lowest BCUT2D eigenvalue weighted by molar-refractivity contribution is 0.0702. The fourth-order valence-corrected chi connectivity index (χ4v) is 1.99. The highest BCUT2D eigenvalue weighted by Gasteiger charge is 2.00. The Morgan fingerprint density at radius 2 is 1.74 bits per heavy atom. The Balaban J connectivity index is 0. The number of hydrogen-bond acceptors (Lipinski definition) is 4. The van der Waals surface area contributed by atoms with Crippen LogP contribution in [0.3, 0.4) is 0 Å². The quantitative estimate of drug-likeness (QED) is 0.186. The van der Waals surface area contributed by atoms with Crippen molar-refractivity contribution in [2.75, 3.05) is 66.2 Å². The second kappa shape index (κ2) is 19.9. The standard InChI is InChI=1S/C16H36N4O2.HI/c1-5-17-16(18-10-8-12-20(6-2)7-3)19-11-9-13-22-15-14-21-4;/h5-15H2,1-4H3,(H2,17,18,19);1H. The fraction of sp³-hybridized carbons (Fsp3) is 0.938. The lowest BCUT2D eigenvalue weighted by Gasteiger charge is -2.18. The average molecular weight is 444 g/mol. The van der Waals surface area contributed by atoms with Crippen LogP contribution in [0.2, 0.25) is 0 Å². The van der Waals surface area contributed by atoms with E-state index in [-0.39, 0.29) is 24.0 Å². The number of guanidine groups is 1. The Labute approximate surface area is 159 Å². The molecule has 0 aromatic heterocycles. The minimum absolute atomic E-state index is 0. The van der Waals surface area contributed by atoms with E-state index in [0.29, 0.717) is 13.2 Å². The summed E-state index contributed by atoms with van der Waals surface area (Å²) in [5.74, 6) is 0.902. The van der Waals surface area contributed by atoms with Gasteiger partial charge in [0.1, 0.15) is 0 Å². The van der Waals surface area contributed by atoms with Gasteiger partial charge in [-0.25, -0.2) is 0 Å². The SMILES string of the molecule is CCNC(=NCCCOCCOC)NCCCN(CC)CC.I. The lowest BCUT2D eigenvalue weighted by atomic mass is 10.3. The minimum atomic E-state index is 0. The third-order valence-corrected chi connectivity index (χ3v) is 3.33. The minimum Gasteiger partial charge on any atom is -0.382 e. The van der Waals surface area contributed by atoms with Crippen LogP contribution in [0.5, 0.6) is 0 Å². The number of ether oxygens (including phenoxy) is 2. The van der Waals surface area contributed by atoms with E-state index < -0.39 is 0 Å². The summed E-state index contributed by atoms with van der Waals surface area (Å²) in [7, 11) is 1.68. The van der Waals surface area contributed by atoms with Crippen molar-refractivity contribution in [2.24, 2.45) is 4.99 Å². The van der Waals surface area contributed by atoms with Gasteiger partial charge in [-0.15, -0.1) is 24.0 Å². The number of halogens is 1. The molecule has 0 unspecified atom stereocenters. The fourth-order valence-electron chi connectivity index (χ4n) is 1.99. The predicted molar refractivity (Wildman–Crippen MR) is 109 cm³/mol. The van der Waals surface area contributed by atoms with Crippen LogP contribution in [-0.4, -0.2) is 77.1 Å². The average Bonchev–Trinajstić information content (AvgIpc) is 2.54. The summed E-state index contributed by atoms with van der Waals surface area (Å²) < 4.78 is 10.4. The summed E-state index contributed by atoms with van der Waals surface area (Å²) in [6.07, 6.45) is 2.06. The number of nitrogens with zero attached hydrogens (tertiary/aromatic N) is 2. The highest BCUT2D eigenvalue weighted by Crippen LogP contribution is 1.90. The molecule has 140 valence electrons. The van der Waals surface area contributed by atoms with E-state index in [2.05, 4.69) is 41.3 Å². The molecule has 0 aromatic carbocycles. The summed E-state index contributed by atoms with van der Waals surface area (Å²) in [6, 6.07) is 0. The van der Waals surface area contributed by atoms with Crippen LogP contribution in [0, 0.1) is 0 Å². The molecule has 0 aliphatic rings. The van der Waals surface area contributed by atoms with Gasteiger partial charge in [0.05, 0.1) is 13.2 Å². The van der Waals surface area contributed by atoms with Gasteiger partial charge in [-0.05, 0) is 39.4 Å². The number of aliphatic imine (C=N–C) groups is 1. The smallest absolute Gasteiger partial charge is 0.191 e. The van der Waals surface area contributed by atoms with E-state index >= 15 is 0 Å². The van der Waals surface area contributed by atoms with Crippen molar-refractivity contribution in [1.82, 2.24) is 15.5 Å². The molecule has 23 heavy (non-hydrogen) atoms. The topological polar surface area (TPSA) is 58.1 Å². The largest absolute Gasteiger partial charge is 0.382 e. The highest BCUT2D eigenvalue weighted by atomic mass is 127. The molecule has 0 amide bonds. The zero-order chi connectivity index (χ0) is 16.5. The van der Waals surface area contributed by atoms with E-state index in [4.69, 9.17) is 9.47 Å². The highest BCUT2D eigenvalue weighted by molar-refractivity contribution is 14.0. The number of rotatable bonds is 14. The Morgan fingerprint density at radius 3 is 2.35 bits per heavy atom. The van der Waals surface area contributed by atoms with Gasteiger partial charge in [0, 0.05) is 33.4 Å². The summed E-state index contributed by atoms with van der Waals surface area (Å²) in [5, 5.41) is 6.66. The van der Waals surface area contributed by atoms with Crippen LogP contribution < -0.4 is 10.6 Å². The second-order valence-electron chi connectivity index (χ2n) is 5.03. The molecule has 0 saturated carbocycles. The Bertz CT molecular complexity index is 264. The lowest BCUT2D eigenvalue weighted by Crippen LogP contribution is -2.39. The van der Waals surface area contributed by atoms with Gasteiger partial charge in [0.15, 0.2) is 5.96 Å². The molecule has 0 saturated heterocycles. The van der Waals surface area contributed by atoms with Gasteiger partial charge < -0.3 is 25.0 Å². The first-order valence-electron chi connectivity index (χ1n) is 8.59. The molecule has 0 radical (unpaired) electrons. The zero-order valence-electron chi connectivity index (χ0n) is 15.4. The Morgan fingerprint density at radius 1 is 1.00 bits per heavy atom. The Kier molecular flexibility index (Phi) is 21.8. The molecule has 7 heteroatoms. The number of hydrogen-bond donors (Lipinski definition) is 2. The van der Waals surface area contributed by atoms with Crippen molar-refractivity contribution < 1.29 is 9.47 Å². The van der Waals surface area contributed by atoms with Crippen molar-refractivity contribution in [3.63, 3.8) is 0 Å². The second-order valence-corrected chi connectivity index (χ2v) is 5.03. The maximum atomic E-state index is 5.42. The van der Waals surface area contributed by atoms with Gasteiger partial charge in [-0.1, -0.05) is 13.8 Å². The third kappa shape index (κ3) is 16.5. The van der Waals surface area contributed by atoms with Crippen LogP contribution >= 0.6 is 24.0 Å². The molecule has 0 bridgehead atoms. The van der Waals surface area contributed by atoms with Crippen LogP contribution in [-0.2, 0) is 9.47 Å². The molecule has 6 nitrogen and oxygen atoms in total. The molecule has 0 fully saturated rings. The van der Waals surface area contributed by atoms with Crippen molar-refractivity contribution in [3.8, 4) is 0 Å². The van der Waals surface area contributed by atoms with E-state index in [9.17, 15) is 0 Å². The summed E-state index contributed by atoms with van der Waals surface area (Å²) in [5.41, 5.74) is 0. The van der Waals surface area contributed by atoms with Crippen LogP contribution in [0.15, 0.2) is 4.99 Å². The first-order valence-corrected chi connectivity index (χ1v) is 8.59. The monoisotopic (exact) mass is 444 g/mol. The van der Waals surface area contributed by atoms with Gasteiger partial charge in [-0.2, -0.15) is 0 Å². The normalized spacial score (nSPS) is 11.4. The van der Waals surface area contributed by atoms with Gasteiger partial charge in [-0.3, -0.25) is 4.99 Å². The first-order chi connectivity index (χ1) is 10.8. The molecule has 0 aliphatic carbocycles. The molecule has 2 N–H and O–H groups in total. The molecule has 0 heterocycles. The van der Waals surface area contributed by atoms with Crippen LogP contribution in [0.25, 0.3) is 0 Å². The zero-order valence-corrected chi connectivity index (χ0v) is 17.7. The summed E-state index contributed by atoms with van der Waals surface area (Å²) >= 11 is 0. The van der Waals surface area contributed by atoms with E-state index in [1.165, 1.54) is 0 Å². The Hall–Kier alpha value is -0.120. The molecular formula is C16H37IN4O2. The molecule has 0 aliphatic heterocycles. The van der Waals surface area contributed by atoms with Crippen molar-refractivity contribution in [1.29, 1.82) is 0 Å². The first kappa shape index (κ1) is 25.1. The third-order valence-electron chi connectivity index (χ3n) is 3.33. The number of methoxy groups -OCH3 is 1. The molecular weight excluding hydrogens is 407 g/mol. The van der Waals surface area contributed by atoms with E-state index in [0.717, 1.165) is 64.7 Å².